The van der Waals surface area contributed by atoms with Crippen LogP contribution in [0.3, 0.4) is 0 Å². The van der Waals surface area contributed by atoms with Crippen LogP contribution in [0.1, 0.15) is 79.1 Å². The van der Waals surface area contributed by atoms with Gasteiger partial charge in [-0.2, -0.15) is 5.10 Å². The second-order valence-corrected chi connectivity index (χ2v) is 9.43. The molecule has 3 aliphatic rings. The van der Waals surface area contributed by atoms with Crippen LogP contribution in [-0.2, 0) is 4.79 Å². The number of hydrogen-bond acceptors (Lipinski definition) is 2. The van der Waals surface area contributed by atoms with Crippen molar-refractivity contribution < 1.29 is 4.79 Å². The van der Waals surface area contributed by atoms with Crippen LogP contribution < -0.4 is 5.43 Å². The second-order valence-electron chi connectivity index (χ2n) is 9.43. The lowest BCUT2D eigenvalue weighted by Crippen LogP contribution is -2.34. The zero-order valence-corrected chi connectivity index (χ0v) is 15.4. The van der Waals surface area contributed by atoms with Crippen molar-refractivity contribution in [3.63, 3.8) is 0 Å². The lowest BCUT2D eigenvalue weighted by Gasteiger charge is -2.36. The molecule has 130 valence electrons. The third kappa shape index (κ3) is 3.80. The minimum Gasteiger partial charge on any atom is -0.273 e. The first-order chi connectivity index (χ1) is 10.8. The molecule has 0 aliphatic heterocycles. The SMILES string of the molecule is C/C(=N/NC(=O)C1CCC(C(C)(C)C)CC1)[C@@H]1C[C@H]2CC[C@H]1C2. The minimum absolute atomic E-state index is 0.153. The molecular formula is C20H34N2O. The first kappa shape index (κ1) is 17.0. The summed E-state index contributed by atoms with van der Waals surface area (Å²) in [4.78, 5) is 12.4. The molecule has 3 aliphatic carbocycles. The van der Waals surface area contributed by atoms with Crippen LogP contribution >= 0.6 is 0 Å². The van der Waals surface area contributed by atoms with Crippen LogP contribution in [0, 0.1) is 35.0 Å². The summed E-state index contributed by atoms with van der Waals surface area (Å²) < 4.78 is 0. The number of fused-ring (bicyclic) bond motifs is 2. The van der Waals surface area contributed by atoms with Gasteiger partial charge in [-0.3, -0.25) is 4.79 Å². The maximum Gasteiger partial charge on any atom is 0.243 e. The zero-order chi connectivity index (χ0) is 16.6. The maximum atomic E-state index is 12.4. The highest BCUT2D eigenvalue weighted by Crippen LogP contribution is 2.48. The molecule has 3 rings (SSSR count). The first-order valence-corrected chi connectivity index (χ1v) is 9.68. The van der Waals surface area contributed by atoms with Gasteiger partial charge >= 0.3 is 0 Å². The van der Waals surface area contributed by atoms with Crippen LogP contribution in [0.25, 0.3) is 0 Å². The number of carbonyl (C=O) groups is 1. The number of nitrogens with one attached hydrogen (secondary N) is 1. The van der Waals surface area contributed by atoms with Crippen LogP contribution in [0.2, 0.25) is 0 Å². The monoisotopic (exact) mass is 318 g/mol. The Morgan fingerprint density at radius 3 is 2.22 bits per heavy atom. The van der Waals surface area contributed by atoms with Gasteiger partial charge in [-0.25, -0.2) is 5.43 Å². The Morgan fingerprint density at radius 1 is 1.00 bits per heavy atom. The molecular weight excluding hydrogens is 284 g/mol. The molecule has 3 atom stereocenters. The Balaban J connectivity index is 1.47. The average molecular weight is 319 g/mol. The summed E-state index contributed by atoms with van der Waals surface area (Å²) in [5, 5.41) is 4.48. The number of amides is 1. The van der Waals surface area contributed by atoms with Gasteiger partial charge in [-0.15, -0.1) is 0 Å². The first-order valence-electron chi connectivity index (χ1n) is 9.68. The van der Waals surface area contributed by atoms with E-state index >= 15 is 0 Å². The summed E-state index contributed by atoms with van der Waals surface area (Å²) in [6.07, 6.45) is 9.87. The Labute approximate surface area is 141 Å². The summed E-state index contributed by atoms with van der Waals surface area (Å²) in [7, 11) is 0. The van der Waals surface area contributed by atoms with E-state index in [-0.39, 0.29) is 11.8 Å². The average Bonchev–Trinajstić information content (AvgIpc) is 3.14. The fraction of sp³-hybridized carbons (Fsp3) is 0.900. The lowest BCUT2D eigenvalue weighted by molar-refractivity contribution is -0.126. The van der Waals surface area contributed by atoms with Gasteiger partial charge in [-0.1, -0.05) is 27.2 Å². The highest BCUT2D eigenvalue weighted by Gasteiger charge is 2.40. The Bertz CT molecular complexity index is 469. The third-order valence-electron chi connectivity index (χ3n) is 6.94. The highest BCUT2D eigenvalue weighted by atomic mass is 16.2. The molecule has 0 aromatic carbocycles. The quantitative estimate of drug-likeness (QED) is 0.591. The van der Waals surface area contributed by atoms with Crippen molar-refractivity contribution in [1.29, 1.82) is 0 Å². The van der Waals surface area contributed by atoms with Gasteiger partial charge in [0, 0.05) is 17.5 Å². The van der Waals surface area contributed by atoms with E-state index in [9.17, 15) is 4.79 Å². The van der Waals surface area contributed by atoms with E-state index in [1.165, 1.54) is 38.5 Å². The molecule has 0 aromatic rings. The van der Waals surface area contributed by atoms with E-state index in [4.69, 9.17) is 0 Å². The van der Waals surface area contributed by atoms with Gasteiger partial charge in [0.25, 0.3) is 0 Å². The lowest BCUT2D eigenvalue weighted by atomic mass is 9.70. The second kappa shape index (κ2) is 6.57. The number of hydrazone groups is 1. The topological polar surface area (TPSA) is 41.5 Å². The summed E-state index contributed by atoms with van der Waals surface area (Å²) in [5.74, 6) is 3.47. The van der Waals surface area contributed by atoms with Gasteiger partial charge in [-0.05, 0) is 75.0 Å². The van der Waals surface area contributed by atoms with Crippen LogP contribution in [0.5, 0.6) is 0 Å². The molecule has 0 saturated heterocycles. The molecule has 1 amide bonds. The summed E-state index contributed by atoms with van der Waals surface area (Å²) >= 11 is 0. The smallest absolute Gasteiger partial charge is 0.243 e. The largest absolute Gasteiger partial charge is 0.273 e. The van der Waals surface area contributed by atoms with Gasteiger partial charge in [0.1, 0.15) is 0 Å². The molecule has 2 bridgehead atoms. The van der Waals surface area contributed by atoms with Crippen molar-refractivity contribution in [3.05, 3.63) is 0 Å². The van der Waals surface area contributed by atoms with E-state index in [0.717, 1.165) is 36.3 Å². The molecule has 0 heterocycles. The fourth-order valence-electron chi connectivity index (χ4n) is 5.30. The van der Waals surface area contributed by atoms with Crippen molar-refractivity contribution >= 4 is 11.6 Å². The van der Waals surface area contributed by atoms with Gasteiger partial charge < -0.3 is 0 Å². The van der Waals surface area contributed by atoms with Crippen LogP contribution in [0.15, 0.2) is 5.10 Å². The predicted molar refractivity (Wildman–Crippen MR) is 95.1 cm³/mol. The zero-order valence-electron chi connectivity index (χ0n) is 15.4. The van der Waals surface area contributed by atoms with E-state index < -0.39 is 0 Å². The van der Waals surface area contributed by atoms with Crippen molar-refractivity contribution in [1.82, 2.24) is 5.43 Å². The van der Waals surface area contributed by atoms with E-state index in [0.29, 0.717) is 11.3 Å². The third-order valence-corrected chi connectivity index (χ3v) is 6.94. The summed E-state index contributed by atoms with van der Waals surface area (Å²) in [6, 6.07) is 0. The molecule has 0 spiro atoms. The minimum atomic E-state index is 0.153. The van der Waals surface area contributed by atoms with Crippen molar-refractivity contribution in [2.24, 2.45) is 40.1 Å². The number of carbonyl (C=O) groups excluding carboxylic acids is 1. The van der Waals surface area contributed by atoms with Gasteiger partial charge in [0.2, 0.25) is 5.91 Å². The van der Waals surface area contributed by atoms with Crippen molar-refractivity contribution in [2.75, 3.05) is 0 Å². The molecule has 3 fully saturated rings. The normalized spacial score (nSPS) is 37.9. The van der Waals surface area contributed by atoms with Gasteiger partial charge in [0.05, 0.1) is 0 Å². The number of nitrogens with zero attached hydrogens (tertiary/aromatic N) is 1. The van der Waals surface area contributed by atoms with E-state index in [1.54, 1.807) is 0 Å². The fourth-order valence-corrected chi connectivity index (χ4v) is 5.30. The Morgan fingerprint density at radius 2 is 1.70 bits per heavy atom. The maximum absolute atomic E-state index is 12.4. The van der Waals surface area contributed by atoms with E-state index in [1.807, 2.05) is 0 Å². The highest BCUT2D eigenvalue weighted by molar-refractivity contribution is 5.87. The molecule has 0 unspecified atom stereocenters. The summed E-state index contributed by atoms with van der Waals surface area (Å²) in [6.45, 7) is 9.07. The molecule has 3 nitrogen and oxygen atoms in total. The Hall–Kier alpha value is -0.860. The molecule has 3 saturated carbocycles. The number of rotatable bonds is 3. The standard InChI is InChI=1S/C20H34N2O/c1-13(18-12-14-5-6-16(18)11-14)21-22-19(23)15-7-9-17(10-8-15)20(2,3)4/h14-18H,5-12H2,1-4H3,(H,22,23)/b21-13-/t14-,15?,16-,17?,18-/m0/s1. The van der Waals surface area contributed by atoms with Crippen LogP contribution in [-0.4, -0.2) is 11.6 Å². The van der Waals surface area contributed by atoms with Crippen molar-refractivity contribution in [3.8, 4) is 0 Å². The molecule has 0 radical (unpaired) electrons. The molecule has 23 heavy (non-hydrogen) atoms. The van der Waals surface area contributed by atoms with E-state index in [2.05, 4.69) is 38.2 Å². The number of hydrogen-bond donors (Lipinski definition) is 1. The molecule has 0 aromatic heterocycles. The van der Waals surface area contributed by atoms with Crippen LogP contribution in [0.4, 0.5) is 0 Å². The summed E-state index contributed by atoms with van der Waals surface area (Å²) in [5.41, 5.74) is 4.43. The predicted octanol–water partition coefficient (Wildman–Crippen LogP) is 4.77. The molecule has 1 N–H and O–H groups in total. The molecule has 3 heteroatoms. The Kier molecular flexibility index (Phi) is 4.85. The van der Waals surface area contributed by atoms with Gasteiger partial charge in [0.15, 0.2) is 0 Å². The van der Waals surface area contributed by atoms with Crippen molar-refractivity contribution in [2.45, 2.75) is 79.1 Å².